The van der Waals surface area contributed by atoms with Gasteiger partial charge in [-0.1, -0.05) is 54.7 Å². The summed E-state index contributed by atoms with van der Waals surface area (Å²) in [6.45, 7) is 6.42. The van der Waals surface area contributed by atoms with Gasteiger partial charge in [-0.25, -0.2) is 4.39 Å². The first kappa shape index (κ1) is 14.2. The fraction of sp³-hybridized carbons (Fsp3) is 0.250. The highest BCUT2D eigenvalue weighted by atomic mass is 19.1. The maximum Gasteiger partial charge on any atom is 0.107 e. The molecule has 1 rings (SSSR count). The molecule has 0 aliphatic heterocycles. The van der Waals surface area contributed by atoms with Gasteiger partial charge in [0.1, 0.15) is 6.67 Å². The minimum atomic E-state index is -0.343. The van der Waals surface area contributed by atoms with E-state index in [1.54, 1.807) is 6.08 Å². The summed E-state index contributed by atoms with van der Waals surface area (Å²) in [7, 11) is 0. The molecule has 0 atom stereocenters. The Kier molecular flexibility index (Phi) is 6.55. The molecule has 0 fully saturated rings. The van der Waals surface area contributed by atoms with Gasteiger partial charge in [0, 0.05) is 18.8 Å². The summed E-state index contributed by atoms with van der Waals surface area (Å²) in [5, 5.41) is 0. The van der Waals surface area contributed by atoms with Crippen LogP contribution in [-0.2, 0) is 0 Å². The second kappa shape index (κ2) is 8.29. The van der Waals surface area contributed by atoms with Crippen molar-refractivity contribution >= 4 is 5.69 Å². The number of rotatable bonds is 7. The monoisotopic (exact) mass is 245 g/mol. The van der Waals surface area contributed by atoms with Gasteiger partial charge >= 0.3 is 0 Å². The van der Waals surface area contributed by atoms with E-state index in [1.165, 1.54) is 5.56 Å². The van der Waals surface area contributed by atoms with Crippen LogP contribution in [0.5, 0.6) is 0 Å². The molecule has 0 aliphatic carbocycles. The van der Waals surface area contributed by atoms with Crippen LogP contribution in [0.15, 0.2) is 61.2 Å². The average molecular weight is 245 g/mol. The molecule has 0 saturated heterocycles. The van der Waals surface area contributed by atoms with Crippen LogP contribution in [0.3, 0.4) is 0 Å². The van der Waals surface area contributed by atoms with Gasteiger partial charge < -0.3 is 4.90 Å². The molecular formula is C16H20FN. The third-order valence-corrected chi connectivity index (χ3v) is 2.57. The van der Waals surface area contributed by atoms with Gasteiger partial charge in [-0.3, -0.25) is 0 Å². The van der Waals surface area contributed by atoms with Crippen molar-refractivity contribution in [2.45, 2.75) is 6.92 Å². The molecule has 0 unspecified atom stereocenters. The average Bonchev–Trinajstić information content (AvgIpc) is 2.38. The van der Waals surface area contributed by atoms with Gasteiger partial charge in [0.2, 0.25) is 0 Å². The Morgan fingerprint density at radius 3 is 2.50 bits per heavy atom. The number of nitrogens with zero attached hydrogens (tertiary/aromatic N) is 1. The van der Waals surface area contributed by atoms with Gasteiger partial charge in [0.15, 0.2) is 0 Å². The highest BCUT2D eigenvalue weighted by Crippen LogP contribution is 2.14. The SMILES string of the molecule is C=C/C=C\C=C\CN(CCF)c1ccc(C)cc1. The predicted octanol–water partition coefficient (Wildman–Crippen LogP) is 4.07. The van der Waals surface area contributed by atoms with E-state index in [0.29, 0.717) is 13.1 Å². The molecule has 1 aromatic carbocycles. The molecule has 2 heteroatoms. The molecule has 0 spiro atoms. The fourth-order valence-corrected chi connectivity index (χ4v) is 1.59. The summed E-state index contributed by atoms with van der Waals surface area (Å²) in [6, 6.07) is 8.14. The number of hydrogen-bond donors (Lipinski definition) is 0. The topological polar surface area (TPSA) is 3.24 Å². The van der Waals surface area contributed by atoms with Crippen molar-refractivity contribution in [2.75, 3.05) is 24.7 Å². The first-order valence-electron chi connectivity index (χ1n) is 6.09. The van der Waals surface area contributed by atoms with Gasteiger partial charge in [-0.15, -0.1) is 0 Å². The molecule has 0 N–H and O–H groups in total. The lowest BCUT2D eigenvalue weighted by atomic mass is 10.2. The quantitative estimate of drug-likeness (QED) is 0.654. The number of alkyl halides is 1. The van der Waals surface area contributed by atoms with Crippen LogP contribution < -0.4 is 4.90 Å². The Bertz CT molecular complexity index is 404. The zero-order valence-electron chi connectivity index (χ0n) is 10.8. The van der Waals surface area contributed by atoms with E-state index < -0.39 is 0 Å². The Morgan fingerprint density at radius 2 is 1.89 bits per heavy atom. The molecule has 0 saturated carbocycles. The lowest BCUT2D eigenvalue weighted by Gasteiger charge is -2.22. The molecule has 0 radical (unpaired) electrons. The number of halogens is 1. The lowest BCUT2D eigenvalue weighted by Crippen LogP contribution is -2.25. The Balaban J connectivity index is 2.64. The molecule has 0 bridgehead atoms. The van der Waals surface area contributed by atoms with Crippen molar-refractivity contribution in [3.05, 3.63) is 66.8 Å². The molecule has 96 valence electrons. The van der Waals surface area contributed by atoms with E-state index in [0.717, 1.165) is 5.69 Å². The largest absolute Gasteiger partial charge is 0.365 e. The van der Waals surface area contributed by atoms with E-state index >= 15 is 0 Å². The summed E-state index contributed by atoms with van der Waals surface area (Å²) in [4.78, 5) is 2.01. The molecule has 0 aromatic heterocycles. The summed E-state index contributed by atoms with van der Waals surface area (Å²) in [6.07, 6.45) is 9.46. The number of allylic oxidation sites excluding steroid dienone is 4. The molecule has 0 aliphatic rings. The highest BCUT2D eigenvalue weighted by Gasteiger charge is 2.03. The lowest BCUT2D eigenvalue weighted by molar-refractivity contribution is 0.494. The van der Waals surface area contributed by atoms with Crippen molar-refractivity contribution in [1.29, 1.82) is 0 Å². The van der Waals surface area contributed by atoms with Crippen molar-refractivity contribution in [3.63, 3.8) is 0 Å². The molecular weight excluding hydrogens is 225 g/mol. The normalized spacial score (nSPS) is 11.2. The summed E-state index contributed by atoms with van der Waals surface area (Å²) < 4.78 is 12.5. The van der Waals surface area contributed by atoms with Crippen LogP contribution in [0.4, 0.5) is 10.1 Å². The predicted molar refractivity (Wildman–Crippen MR) is 77.8 cm³/mol. The fourth-order valence-electron chi connectivity index (χ4n) is 1.59. The third-order valence-electron chi connectivity index (χ3n) is 2.57. The van der Waals surface area contributed by atoms with E-state index in [-0.39, 0.29) is 6.67 Å². The van der Waals surface area contributed by atoms with Crippen LogP contribution >= 0.6 is 0 Å². The van der Waals surface area contributed by atoms with Crippen LogP contribution in [0.1, 0.15) is 5.56 Å². The van der Waals surface area contributed by atoms with E-state index in [9.17, 15) is 4.39 Å². The second-order valence-electron chi connectivity index (χ2n) is 4.02. The molecule has 0 amide bonds. The summed E-state index contributed by atoms with van der Waals surface area (Å²) in [5.41, 5.74) is 2.26. The van der Waals surface area contributed by atoms with Crippen molar-refractivity contribution in [1.82, 2.24) is 0 Å². The van der Waals surface area contributed by atoms with E-state index in [4.69, 9.17) is 0 Å². The first-order chi connectivity index (χ1) is 8.77. The minimum Gasteiger partial charge on any atom is -0.365 e. The Hall–Kier alpha value is -1.83. The van der Waals surface area contributed by atoms with Crippen LogP contribution in [0.25, 0.3) is 0 Å². The molecule has 0 heterocycles. The zero-order valence-corrected chi connectivity index (χ0v) is 10.8. The molecule has 18 heavy (non-hydrogen) atoms. The van der Waals surface area contributed by atoms with Gasteiger partial charge in [-0.05, 0) is 19.1 Å². The smallest absolute Gasteiger partial charge is 0.107 e. The first-order valence-corrected chi connectivity index (χ1v) is 6.09. The van der Waals surface area contributed by atoms with Gasteiger partial charge in [-0.2, -0.15) is 0 Å². The maximum atomic E-state index is 12.5. The van der Waals surface area contributed by atoms with Crippen molar-refractivity contribution in [2.24, 2.45) is 0 Å². The standard InChI is InChI=1S/C16H20FN/c1-3-4-5-6-7-13-18(14-12-17)16-10-8-15(2)9-11-16/h3-11H,1,12-14H2,2H3/b5-4-,7-6+. The van der Waals surface area contributed by atoms with Crippen molar-refractivity contribution in [3.8, 4) is 0 Å². The van der Waals surface area contributed by atoms with E-state index in [2.05, 4.69) is 6.58 Å². The summed E-state index contributed by atoms with van der Waals surface area (Å²) >= 11 is 0. The molecule has 1 aromatic rings. The van der Waals surface area contributed by atoms with E-state index in [1.807, 2.05) is 60.4 Å². The summed E-state index contributed by atoms with van der Waals surface area (Å²) in [5.74, 6) is 0. The zero-order chi connectivity index (χ0) is 13.2. The molecule has 1 nitrogen and oxygen atoms in total. The van der Waals surface area contributed by atoms with Crippen LogP contribution in [0, 0.1) is 6.92 Å². The van der Waals surface area contributed by atoms with Gasteiger partial charge in [0.25, 0.3) is 0 Å². The number of hydrogen-bond acceptors (Lipinski definition) is 1. The van der Waals surface area contributed by atoms with Gasteiger partial charge in [0.05, 0.1) is 0 Å². The number of anilines is 1. The highest BCUT2D eigenvalue weighted by molar-refractivity contribution is 5.48. The van der Waals surface area contributed by atoms with Crippen molar-refractivity contribution < 1.29 is 4.39 Å². The van der Waals surface area contributed by atoms with Crippen LogP contribution in [0.2, 0.25) is 0 Å². The maximum absolute atomic E-state index is 12.5. The minimum absolute atomic E-state index is 0.343. The third kappa shape index (κ3) is 5.00. The van der Waals surface area contributed by atoms with Crippen LogP contribution in [-0.4, -0.2) is 19.8 Å². The Labute approximate surface area is 109 Å². The Morgan fingerprint density at radius 1 is 1.17 bits per heavy atom. The number of aryl methyl sites for hydroxylation is 1. The number of benzene rings is 1. The second-order valence-corrected chi connectivity index (χ2v) is 4.02.